The van der Waals surface area contributed by atoms with Crippen LogP contribution in [0.5, 0.6) is 0 Å². The molecule has 0 heterocycles. The van der Waals surface area contributed by atoms with E-state index < -0.39 is 0 Å². The Bertz CT molecular complexity index is 756. The van der Waals surface area contributed by atoms with Crippen LogP contribution in [0.3, 0.4) is 0 Å². The minimum absolute atomic E-state index is 0.398. The Labute approximate surface area is 199 Å². The Hall–Kier alpha value is -0.0400. The summed E-state index contributed by atoms with van der Waals surface area (Å²) in [6.45, 7) is 21.6. The fourth-order valence-corrected chi connectivity index (χ4v) is 11.8. The van der Waals surface area contributed by atoms with Gasteiger partial charge in [-0.3, -0.25) is 0 Å². The van der Waals surface area contributed by atoms with E-state index in [0.29, 0.717) is 50.9 Å². The van der Waals surface area contributed by atoms with Crippen LogP contribution in [0.1, 0.15) is 126 Å². The highest BCUT2D eigenvalue weighted by atomic mass is 16.3. The van der Waals surface area contributed by atoms with Crippen molar-refractivity contribution >= 4 is 0 Å². The van der Waals surface area contributed by atoms with Gasteiger partial charge in [0.15, 0.2) is 0 Å². The van der Waals surface area contributed by atoms with Crippen molar-refractivity contribution < 1.29 is 5.11 Å². The number of rotatable bonds is 1. The molecule has 5 aliphatic carbocycles. The minimum Gasteiger partial charge on any atom is -0.396 e. The highest BCUT2D eigenvalue weighted by molar-refractivity contribution is 5.19. The molecule has 1 nitrogen and oxygen atoms in total. The molecule has 0 bridgehead atoms. The molecule has 184 valence electrons. The van der Waals surface area contributed by atoms with E-state index in [-0.39, 0.29) is 0 Å². The second-order valence-electron chi connectivity index (χ2n) is 15.9. The van der Waals surface area contributed by atoms with Gasteiger partial charge >= 0.3 is 0 Å². The van der Waals surface area contributed by atoms with Gasteiger partial charge in [-0.25, -0.2) is 0 Å². The summed E-state index contributed by atoms with van der Waals surface area (Å²) in [7, 11) is 0. The van der Waals surface area contributed by atoms with E-state index in [0.717, 1.165) is 17.8 Å². The van der Waals surface area contributed by atoms with Gasteiger partial charge in [0.1, 0.15) is 0 Å². The van der Waals surface area contributed by atoms with E-state index in [1.807, 2.05) is 0 Å². The maximum atomic E-state index is 10.1. The molecule has 10 atom stereocenters. The second kappa shape index (κ2) is 7.01. The highest BCUT2D eigenvalue weighted by Gasteiger charge is 2.70. The lowest BCUT2D eigenvalue weighted by Crippen LogP contribution is -2.67. The average molecular weight is 443 g/mol. The van der Waals surface area contributed by atoms with E-state index >= 15 is 0 Å². The van der Waals surface area contributed by atoms with E-state index in [1.165, 1.54) is 70.6 Å². The first kappa shape index (κ1) is 23.7. The maximum Gasteiger partial charge on any atom is 0.0462 e. The normalized spacial score (nSPS) is 59.3. The predicted molar refractivity (Wildman–Crippen MR) is 135 cm³/mol. The topological polar surface area (TPSA) is 20.2 Å². The first-order valence-electron chi connectivity index (χ1n) is 14.4. The van der Waals surface area contributed by atoms with E-state index in [2.05, 4.69) is 55.4 Å². The molecule has 1 N–H and O–H groups in total. The fraction of sp³-hybridized carbons (Fsp3) is 1.00. The third kappa shape index (κ3) is 2.85. The van der Waals surface area contributed by atoms with Crippen molar-refractivity contribution in [2.24, 2.45) is 62.1 Å². The van der Waals surface area contributed by atoms with Crippen LogP contribution in [0.15, 0.2) is 0 Å². The zero-order valence-corrected chi connectivity index (χ0v) is 22.8. The molecule has 0 radical (unpaired) electrons. The quantitative estimate of drug-likeness (QED) is 0.431. The molecule has 0 aromatic heterocycles. The smallest absolute Gasteiger partial charge is 0.0462 e. The van der Waals surface area contributed by atoms with E-state index in [9.17, 15) is 5.11 Å². The lowest BCUT2D eigenvalue weighted by atomic mass is 9.30. The lowest BCUT2D eigenvalue weighted by molar-refractivity contribution is -0.261. The molecule has 5 rings (SSSR count). The Kier molecular flexibility index (Phi) is 5.19. The number of fused-ring (bicyclic) bond motifs is 7. The molecule has 5 fully saturated rings. The highest BCUT2D eigenvalue weighted by Crippen LogP contribution is 2.78. The molecule has 0 unspecified atom stereocenters. The number of aliphatic hydroxyl groups excluding tert-OH is 1. The van der Waals surface area contributed by atoms with Crippen LogP contribution in [-0.4, -0.2) is 11.7 Å². The van der Waals surface area contributed by atoms with Gasteiger partial charge in [0.2, 0.25) is 0 Å². The monoisotopic (exact) mass is 442 g/mol. The molecule has 0 spiro atoms. The van der Waals surface area contributed by atoms with Gasteiger partial charge in [-0.15, -0.1) is 0 Å². The minimum atomic E-state index is 0.398. The number of aliphatic hydroxyl groups is 1. The van der Waals surface area contributed by atoms with Gasteiger partial charge in [-0.1, -0.05) is 55.4 Å². The first-order chi connectivity index (χ1) is 14.8. The van der Waals surface area contributed by atoms with Crippen LogP contribution in [0, 0.1) is 62.1 Å². The summed E-state index contributed by atoms with van der Waals surface area (Å²) >= 11 is 0. The summed E-state index contributed by atoms with van der Waals surface area (Å²) in [6, 6.07) is 0. The fourth-order valence-electron chi connectivity index (χ4n) is 11.8. The van der Waals surface area contributed by atoms with Gasteiger partial charge in [-0.05, 0) is 133 Å². The van der Waals surface area contributed by atoms with Gasteiger partial charge in [0.25, 0.3) is 0 Å². The molecule has 0 aliphatic heterocycles. The van der Waals surface area contributed by atoms with Crippen molar-refractivity contribution in [3.05, 3.63) is 0 Å². The van der Waals surface area contributed by atoms with E-state index in [1.54, 1.807) is 0 Å². The maximum absolute atomic E-state index is 10.1. The summed E-state index contributed by atoms with van der Waals surface area (Å²) in [4.78, 5) is 0. The lowest BCUT2D eigenvalue weighted by Gasteiger charge is -2.75. The largest absolute Gasteiger partial charge is 0.396 e. The average Bonchev–Trinajstić information content (AvgIpc) is 2.72. The Morgan fingerprint density at radius 3 is 1.94 bits per heavy atom. The van der Waals surface area contributed by atoms with Gasteiger partial charge in [-0.2, -0.15) is 0 Å². The van der Waals surface area contributed by atoms with Crippen LogP contribution in [0.2, 0.25) is 0 Å². The van der Waals surface area contributed by atoms with Crippen molar-refractivity contribution in [1.82, 2.24) is 0 Å². The molecule has 5 saturated carbocycles. The second-order valence-corrected chi connectivity index (χ2v) is 15.9. The molecule has 5 aliphatic rings. The van der Waals surface area contributed by atoms with Gasteiger partial charge < -0.3 is 5.11 Å². The Morgan fingerprint density at radius 1 is 0.625 bits per heavy atom. The summed E-state index contributed by atoms with van der Waals surface area (Å²) in [5.74, 6) is 3.84. The summed E-state index contributed by atoms with van der Waals surface area (Å²) in [5, 5.41) is 10.1. The molecular weight excluding hydrogens is 388 g/mol. The van der Waals surface area contributed by atoms with Crippen LogP contribution in [-0.2, 0) is 0 Å². The van der Waals surface area contributed by atoms with Gasteiger partial charge in [0.05, 0.1) is 0 Å². The summed E-state index contributed by atoms with van der Waals surface area (Å²) in [5.41, 5.74) is 3.02. The predicted octanol–water partition coefficient (Wildman–Crippen LogP) is 8.50. The Morgan fingerprint density at radius 2 is 1.25 bits per heavy atom. The standard InChI is InChI=1S/C31H54O/c1-21-22(20-32)9-10-23-28(21,5)12-11-24-29(23,6)16-18-31(8)25-19-26(2,3)13-14-27(25,4)15-17-30(24,31)7/h21-25,32H,9-20H2,1-8H3/t21-,22-,23-,24-,25+,27+,28+,29-,30+,31+/m0/s1. The van der Waals surface area contributed by atoms with E-state index in [4.69, 9.17) is 0 Å². The SMILES string of the molecule is C[C@H]1[C@H](CO)CC[C@H]2[C@]1(C)CC[C@H]1[C@@]2(C)CC[C@]2(C)[C@@H]3CC(C)(C)CC[C@]3(C)CC[C@]12C. The molecule has 0 aromatic carbocycles. The van der Waals surface area contributed by atoms with Crippen molar-refractivity contribution in [1.29, 1.82) is 0 Å². The van der Waals surface area contributed by atoms with Crippen molar-refractivity contribution in [2.45, 2.75) is 126 Å². The molecule has 1 heteroatoms. The zero-order valence-electron chi connectivity index (χ0n) is 22.8. The van der Waals surface area contributed by atoms with Crippen LogP contribution >= 0.6 is 0 Å². The molecule has 32 heavy (non-hydrogen) atoms. The third-order valence-electron chi connectivity index (χ3n) is 14.4. The Balaban J connectivity index is 1.52. The molecule has 0 aromatic rings. The zero-order chi connectivity index (χ0) is 23.4. The molecule has 0 amide bonds. The van der Waals surface area contributed by atoms with Crippen molar-refractivity contribution in [2.75, 3.05) is 6.61 Å². The molecule has 0 saturated heterocycles. The third-order valence-corrected chi connectivity index (χ3v) is 14.4. The summed E-state index contributed by atoms with van der Waals surface area (Å²) < 4.78 is 0. The summed E-state index contributed by atoms with van der Waals surface area (Å²) in [6.07, 6.45) is 15.6. The first-order valence-corrected chi connectivity index (χ1v) is 14.4. The van der Waals surface area contributed by atoms with Crippen LogP contribution in [0.25, 0.3) is 0 Å². The van der Waals surface area contributed by atoms with Crippen LogP contribution < -0.4 is 0 Å². The van der Waals surface area contributed by atoms with Crippen LogP contribution in [0.4, 0.5) is 0 Å². The van der Waals surface area contributed by atoms with Gasteiger partial charge in [0, 0.05) is 6.61 Å². The van der Waals surface area contributed by atoms with Crippen molar-refractivity contribution in [3.63, 3.8) is 0 Å². The molecular formula is C31H54O. The van der Waals surface area contributed by atoms with Crippen molar-refractivity contribution in [3.8, 4) is 0 Å². The number of hydrogen-bond donors (Lipinski definition) is 1. The number of hydrogen-bond acceptors (Lipinski definition) is 1.